The molecule has 0 aliphatic heterocycles. The van der Waals surface area contributed by atoms with Gasteiger partial charge in [0.25, 0.3) is 0 Å². The zero-order valence-electron chi connectivity index (χ0n) is 15.9. The van der Waals surface area contributed by atoms with E-state index in [-0.39, 0.29) is 12.3 Å². The van der Waals surface area contributed by atoms with Crippen LogP contribution in [0, 0.1) is 13.8 Å². The molecule has 1 amide bonds. The number of hydrogen-bond donors (Lipinski definition) is 1. The van der Waals surface area contributed by atoms with E-state index >= 15 is 0 Å². The zero-order chi connectivity index (χ0) is 20.1. The minimum Gasteiger partial charge on any atom is -0.495 e. The third-order valence-corrected chi connectivity index (χ3v) is 4.58. The van der Waals surface area contributed by atoms with Gasteiger partial charge in [-0.1, -0.05) is 28.9 Å². The second-order valence-electron chi connectivity index (χ2n) is 6.31. The highest BCUT2D eigenvalue weighted by molar-refractivity contribution is 6.32. The second-order valence-corrected chi connectivity index (χ2v) is 6.72. The van der Waals surface area contributed by atoms with Gasteiger partial charge in [-0.15, -0.1) is 0 Å². The summed E-state index contributed by atoms with van der Waals surface area (Å²) in [7, 11) is 1.54. The number of rotatable bonds is 7. The van der Waals surface area contributed by atoms with Crippen LogP contribution in [0.2, 0.25) is 5.02 Å². The van der Waals surface area contributed by atoms with Crippen molar-refractivity contribution >= 4 is 23.2 Å². The van der Waals surface area contributed by atoms with Crippen LogP contribution in [0.5, 0.6) is 11.5 Å². The van der Waals surface area contributed by atoms with Crippen LogP contribution in [0.4, 0.5) is 5.69 Å². The Balaban J connectivity index is 1.55. The fourth-order valence-corrected chi connectivity index (χ4v) is 2.96. The molecule has 1 heterocycles. The molecular formula is C21H21ClN2O4. The van der Waals surface area contributed by atoms with E-state index in [0.29, 0.717) is 28.8 Å². The maximum Gasteiger partial charge on any atom is 0.228 e. The number of carbonyl (C=O) groups is 1. The summed E-state index contributed by atoms with van der Waals surface area (Å²) in [5.41, 5.74) is 3.27. The quantitative estimate of drug-likeness (QED) is 0.621. The number of aryl methyl sites for hydroxylation is 2. The first-order valence-electron chi connectivity index (χ1n) is 8.73. The molecule has 0 saturated heterocycles. The van der Waals surface area contributed by atoms with E-state index < -0.39 is 0 Å². The van der Waals surface area contributed by atoms with Crippen molar-refractivity contribution in [3.05, 3.63) is 70.1 Å². The number of aromatic nitrogens is 1. The lowest BCUT2D eigenvalue weighted by Crippen LogP contribution is -2.14. The molecule has 0 unspecified atom stereocenters. The number of anilines is 1. The van der Waals surface area contributed by atoms with Gasteiger partial charge >= 0.3 is 0 Å². The van der Waals surface area contributed by atoms with E-state index in [1.807, 2.05) is 38.1 Å². The molecule has 1 aromatic heterocycles. The zero-order valence-corrected chi connectivity index (χ0v) is 16.7. The van der Waals surface area contributed by atoms with Gasteiger partial charge in [-0.3, -0.25) is 4.79 Å². The molecular weight excluding hydrogens is 380 g/mol. The molecule has 6 nitrogen and oxygen atoms in total. The summed E-state index contributed by atoms with van der Waals surface area (Å²) in [6.07, 6.45) is 0.244. The number of nitrogens with one attached hydrogen (secondary N) is 1. The third kappa shape index (κ3) is 4.84. The van der Waals surface area contributed by atoms with Gasteiger partial charge in [-0.2, -0.15) is 0 Å². The van der Waals surface area contributed by atoms with Crippen molar-refractivity contribution in [3.8, 4) is 11.5 Å². The average Bonchev–Trinajstić information content (AvgIpc) is 2.99. The Labute approximate surface area is 168 Å². The first kappa shape index (κ1) is 19.8. The predicted molar refractivity (Wildman–Crippen MR) is 107 cm³/mol. The monoisotopic (exact) mass is 400 g/mol. The Morgan fingerprint density at radius 3 is 2.54 bits per heavy atom. The second kappa shape index (κ2) is 8.80. The lowest BCUT2D eigenvalue weighted by molar-refractivity contribution is -0.115. The van der Waals surface area contributed by atoms with E-state index in [9.17, 15) is 4.79 Å². The Bertz CT molecular complexity index is 948. The first-order chi connectivity index (χ1) is 13.5. The molecule has 3 rings (SSSR count). The highest BCUT2D eigenvalue weighted by atomic mass is 35.5. The smallest absolute Gasteiger partial charge is 0.228 e. The van der Waals surface area contributed by atoms with Crippen molar-refractivity contribution in [2.45, 2.75) is 26.9 Å². The maximum atomic E-state index is 12.3. The summed E-state index contributed by atoms with van der Waals surface area (Å²) in [4.78, 5) is 12.3. The topological polar surface area (TPSA) is 73.6 Å². The van der Waals surface area contributed by atoms with Crippen LogP contribution in [0.3, 0.4) is 0 Å². The Morgan fingerprint density at radius 1 is 1.18 bits per heavy atom. The summed E-state index contributed by atoms with van der Waals surface area (Å²) in [5.74, 6) is 1.90. The molecule has 0 spiro atoms. The number of hydrogen-bond acceptors (Lipinski definition) is 5. The Kier molecular flexibility index (Phi) is 6.21. The molecule has 0 aliphatic carbocycles. The number of methoxy groups -OCH3 is 1. The molecule has 0 radical (unpaired) electrons. The van der Waals surface area contributed by atoms with Crippen LogP contribution < -0.4 is 14.8 Å². The number of halogens is 1. The molecule has 0 aliphatic rings. The molecule has 3 aromatic rings. The average molecular weight is 401 g/mol. The van der Waals surface area contributed by atoms with Crippen LogP contribution in [-0.2, 0) is 17.8 Å². The van der Waals surface area contributed by atoms with Crippen LogP contribution in [0.25, 0.3) is 0 Å². The van der Waals surface area contributed by atoms with Crippen molar-refractivity contribution < 1.29 is 18.8 Å². The number of benzene rings is 2. The molecule has 2 aromatic carbocycles. The van der Waals surface area contributed by atoms with Gasteiger partial charge in [-0.25, -0.2) is 0 Å². The number of carbonyl (C=O) groups excluding carboxylic acids is 1. The summed E-state index contributed by atoms with van der Waals surface area (Å²) in [6.45, 7) is 4.13. The molecule has 146 valence electrons. The van der Waals surface area contributed by atoms with E-state index in [0.717, 1.165) is 22.6 Å². The number of ether oxygens (including phenoxy) is 2. The molecule has 7 heteroatoms. The van der Waals surface area contributed by atoms with Crippen molar-refractivity contribution in [2.75, 3.05) is 12.4 Å². The summed E-state index contributed by atoms with van der Waals surface area (Å²) in [5, 5.41) is 7.18. The van der Waals surface area contributed by atoms with Crippen LogP contribution in [-0.4, -0.2) is 18.2 Å². The van der Waals surface area contributed by atoms with Gasteiger partial charge in [0, 0.05) is 5.69 Å². The lowest BCUT2D eigenvalue weighted by Gasteiger charge is -2.09. The van der Waals surface area contributed by atoms with Crippen molar-refractivity contribution in [1.29, 1.82) is 0 Å². The van der Waals surface area contributed by atoms with E-state index in [1.165, 1.54) is 0 Å². The van der Waals surface area contributed by atoms with E-state index in [4.69, 9.17) is 25.6 Å². The maximum absolute atomic E-state index is 12.3. The van der Waals surface area contributed by atoms with Gasteiger partial charge < -0.3 is 19.3 Å². The van der Waals surface area contributed by atoms with Gasteiger partial charge in [-0.05, 0) is 49.7 Å². The highest BCUT2D eigenvalue weighted by Gasteiger charge is 2.10. The van der Waals surface area contributed by atoms with Crippen molar-refractivity contribution in [3.63, 3.8) is 0 Å². The largest absolute Gasteiger partial charge is 0.495 e. The van der Waals surface area contributed by atoms with Crippen molar-refractivity contribution in [1.82, 2.24) is 5.16 Å². The van der Waals surface area contributed by atoms with E-state index in [1.54, 1.807) is 25.3 Å². The third-order valence-electron chi connectivity index (χ3n) is 4.29. The summed E-state index contributed by atoms with van der Waals surface area (Å²) < 4.78 is 16.0. The van der Waals surface area contributed by atoms with Gasteiger partial charge in [0.15, 0.2) is 0 Å². The molecule has 0 bridgehead atoms. The Hall–Kier alpha value is -2.99. The summed E-state index contributed by atoms with van der Waals surface area (Å²) in [6, 6.07) is 12.5. The first-order valence-corrected chi connectivity index (χ1v) is 9.11. The fraction of sp³-hybridized carbons (Fsp3) is 0.238. The Morgan fingerprint density at radius 2 is 1.93 bits per heavy atom. The fourth-order valence-electron chi connectivity index (χ4n) is 2.70. The van der Waals surface area contributed by atoms with Crippen molar-refractivity contribution in [2.24, 2.45) is 0 Å². The minimum atomic E-state index is -0.134. The highest BCUT2D eigenvalue weighted by Crippen LogP contribution is 2.27. The molecule has 28 heavy (non-hydrogen) atoms. The molecule has 0 fully saturated rings. The van der Waals surface area contributed by atoms with Gasteiger partial charge in [0.2, 0.25) is 5.91 Å². The number of amides is 1. The van der Waals surface area contributed by atoms with E-state index in [2.05, 4.69) is 10.5 Å². The summed E-state index contributed by atoms with van der Waals surface area (Å²) >= 11 is 6.08. The van der Waals surface area contributed by atoms with Gasteiger partial charge in [0.05, 0.1) is 29.8 Å². The van der Waals surface area contributed by atoms with Crippen LogP contribution in [0.1, 0.15) is 22.6 Å². The number of nitrogens with zero attached hydrogens (tertiary/aromatic N) is 1. The van der Waals surface area contributed by atoms with Crippen LogP contribution >= 0.6 is 11.6 Å². The predicted octanol–water partition coefficient (Wildman–Crippen LogP) is 4.71. The standard InChI is InChI=1S/C21H21ClN2O4/c1-13-18(14(2)28-24-13)12-27-17-7-4-15(5-8-17)10-21(25)23-16-6-9-20(26-3)19(22)11-16/h4-9,11H,10,12H2,1-3H3,(H,23,25). The lowest BCUT2D eigenvalue weighted by atomic mass is 10.1. The normalized spacial score (nSPS) is 10.6. The van der Waals surface area contributed by atoms with Crippen LogP contribution in [0.15, 0.2) is 47.0 Å². The molecule has 0 saturated carbocycles. The molecule has 1 N–H and O–H groups in total. The SMILES string of the molecule is COc1ccc(NC(=O)Cc2ccc(OCc3c(C)noc3C)cc2)cc1Cl. The minimum absolute atomic E-state index is 0.134. The van der Waals surface area contributed by atoms with Gasteiger partial charge in [0.1, 0.15) is 23.9 Å². The molecule has 0 atom stereocenters.